The number of anilines is 1. The zero-order chi connectivity index (χ0) is 18.9. The van der Waals surface area contributed by atoms with E-state index in [9.17, 15) is 13.2 Å². The molecule has 7 heteroatoms. The molecule has 0 atom stereocenters. The summed E-state index contributed by atoms with van der Waals surface area (Å²) in [6, 6.07) is 14.8. The molecule has 2 aromatic carbocycles. The van der Waals surface area contributed by atoms with Crippen molar-refractivity contribution >= 4 is 5.95 Å². The monoisotopic (exact) mass is 371 g/mol. The number of hydrogen-bond acceptors (Lipinski definition) is 4. The van der Waals surface area contributed by atoms with Gasteiger partial charge in [0.25, 0.3) is 0 Å². The maximum Gasteiger partial charge on any atom is 0.416 e. The van der Waals surface area contributed by atoms with E-state index in [0.29, 0.717) is 42.7 Å². The third-order valence-corrected chi connectivity index (χ3v) is 4.41. The fourth-order valence-corrected chi connectivity index (χ4v) is 3.06. The van der Waals surface area contributed by atoms with Crippen LogP contribution in [0.3, 0.4) is 0 Å². The fourth-order valence-electron chi connectivity index (χ4n) is 3.06. The van der Waals surface area contributed by atoms with Crippen LogP contribution < -0.4 is 9.64 Å². The van der Waals surface area contributed by atoms with E-state index in [1.54, 1.807) is 18.3 Å². The van der Waals surface area contributed by atoms with E-state index in [0.717, 1.165) is 11.6 Å². The minimum atomic E-state index is -4.35. The predicted molar refractivity (Wildman–Crippen MR) is 94.7 cm³/mol. The highest BCUT2D eigenvalue weighted by Gasteiger charge is 2.31. The molecular weight excluding hydrogens is 355 g/mol. The van der Waals surface area contributed by atoms with Crippen molar-refractivity contribution in [1.82, 2.24) is 9.97 Å². The van der Waals surface area contributed by atoms with Gasteiger partial charge in [-0.05, 0) is 41.8 Å². The molecule has 4 nitrogen and oxygen atoms in total. The van der Waals surface area contributed by atoms with E-state index in [2.05, 4.69) is 9.97 Å². The molecule has 0 N–H and O–H groups in total. The largest absolute Gasteiger partial charge is 0.439 e. The molecule has 0 unspecified atom stereocenters. The molecule has 0 saturated carbocycles. The normalized spacial score (nSPS) is 14.0. The van der Waals surface area contributed by atoms with E-state index in [-0.39, 0.29) is 0 Å². The van der Waals surface area contributed by atoms with Gasteiger partial charge in [0.1, 0.15) is 5.75 Å². The summed E-state index contributed by atoms with van der Waals surface area (Å²) in [7, 11) is 0. The van der Waals surface area contributed by atoms with Gasteiger partial charge in [-0.2, -0.15) is 18.2 Å². The van der Waals surface area contributed by atoms with Crippen molar-refractivity contribution in [3.8, 4) is 11.6 Å². The lowest BCUT2D eigenvalue weighted by Crippen LogP contribution is -2.32. The number of ether oxygens (including phenoxy) is 1. The van der Waals surface area contributed by atoms with E-state index in [1.165, 1.54) is 6.07 Å². The maximum atomic E-state index is 13.0. The zero-order valence-corrected chi connectivity index (χ0v) is 14.3. The number of para-hydroxylation sites is 1. The van der Waals surface area contributed by atoms with Crippen LogP contribution in [0.1, 0.15) is 16.7 Å². The lowest BCUT2D eigenvalue weighted by Gasteiger charge is -2.29. The number of nitrogens with zero attached hydrogens (tertiary/aromatic N) is 3. The molecule has 0 spiro atoms. The number of rotatable bonds is 3. The Bertz CT molecular complexity index is 945. The van der Waals surface area contributed by atoms with Crippen molar-refractivity contribution in [2.75, 3.05) is 11.4 Å². The number of aromatic nitrogens is 2. The number of fused-ring (bicyclic) bond motifs is 1. The average Bonchev–Trinajstić information content (AvgIpc) is 2.67. The van der Waals surface area contributed by atoms with Gasteiger partial charge in [0.2, 0.25) is 11.8 Å². The summed E-state index contributed by atoms with van der Waals surface area (Å²) >= 11 is 0. The van der Waals surface area contributed by atoms with Crippen molar-refractivity contribution in [2.45, 2.75) is 19.1 Å². The Labute approximate surface area is 154 Å². The van der Waals surface area contributed by atoms with Crippen molar-refractivity contribution in [2.24, 2.45) is 0 Å². The lowest BCUT2D eigenvalue weighted by atomic mass is 9.97. The summed E-state index contributed by atoms with van der Waals surface area (Å²) in [5, 5.41) is 0. The summed E-state index contributed by atoms with van der Waals surface area (Å²) in [5.41, 5.74) is 0.940. The number of benzene rings is 2. The number of alkyl halides is 3. The summed E-state index contributed by atoms with van der Waals surface area (Å²) in [5.74, 6) is 1.48. The van der Waals surface area contributed by atoms with E-state index in [1.807, 2.05) is 35.2 Å². The Morgan fingerprint density at radius 3 is 2.56 bits per heavy atom. The second-order valence-electron chi connectivity index (χ2n) is 6.26. The van der Waals surface area contributed by atoms with Crippen LogP contribution in [0, 0.1) is 0 Å². The van der Waals surface area contributed by atoms with Gasteiger partial charge in [0.15, 0.2) is 0 Å². The molecule has 27 heavy (non-hydrogen) atoms. The molecular formula is C20H16F3N3O. The smallest absolute Gasteiger partial charge is 0.416 e. The first kappa shape index (κ1) is 17.3. The lowest BCUT2D eigenvalue weighted by molar-refractivity contribution is -0.137. The molecule has 0 saturated heterocycles. The molecule has 0 amide bonds. The molecule has 0 bridgehead atoms. The second kappa shape index (κ2) is 6.90. The van der Waals surface area contributed by atoms with Gasteiger partial charge in [-0.3, -0.25) is 0 Å². The molecule has 4 rings (SSSR count). The topological polar surface area (TPSA) is 38.2 Å². The van der Waals surface area contributed by atoms with Crippen molar-refractivity contribution in [3.05, 3.63) is 77.5 Å². The first-order valence-corrected chi connectivity index (χ1v) is 8.49. The van der Waals surface area contributed by atoms with Crippen LogP contribution in [0.5, 0.6) is 11.6 Å². The Morgan fingerprint density at radius 1 is 0.963 bits per heavy atom. The van der Waals surface area contributed by atoms with Crippen LogP contribution >= 0.6 is 0 Å². The van der Waals surface area contributed by atoms with Crippen LogP contribution in [0.15, 0.2) is 60.8 Å². The zero-order valence-electron chi connectivity index (χ0n) is 14.3. The minimum absolute atomic E-state index is 0.327. The Morgan fingerprint density at radius 2 is 1.78 bits per heavy atom. The molecule has 0 fully saturated rings. The Hall–Kier alpha value is -3.09. The average molecular weight is 371 g/mol. The minimum Gasteiger partial charge on any atom is -0.439 e. The van der Waals surface area contributed by atoms with Gasteiger partial charge < -0.3 is 9.64 Å². The molecule has 0 aliphatic carbocycles. The first-order chi connectivity index (χ1) is 13.0. The van der Waals surface area contributed by atoms with E-state index in [4.69, 9.17) is 4.74 Å². The fraction of sp³-hybridized carbons (Fsp3) is 0.200. The molecule has 1 aliphatic heterocycles. The highest BCUT2D eigenvalue weighted by Crippen LogP contribution is 2.32. The van der Waals surface area contributed by atoms with Crippen molar-refractivity contribution < 1.29 is 17.9 Å². The van der Waals surface area contributed by atoms with Crippen molar-refractivity contribution in [1.29, 1.82) is 0 Å². The third kappa shape index (κ3) is 3.86. The van der Waals surface area contributed by atoms with Gasteiger partial charge in [-0.25, -0.2) is 4.98 Å². The van der Waals surface area contributed by atoms with Crippen LogP contribution in [-0.4, -0.2) is 16.5 Å². The van der Waals surface area contributed by atoms with Gasteiger partial charge >= 0.3 is 6.18 Å². The second-order valence-corrected chi connectivity index (χ2v) is 6.26. The molecule has 1 aliphatic rings. The number of halogens is 3. The SMILES string of the molecule is FC(F)(F)c1ccc2c(c1)CN(c1nccc(Oc3ccccc3)n1)CC2. The molecule has 2 heterocycles. The Kier molecular flexibility index (Phi) is 4.43. The summed E-state index contributed by atoms with van der Waals surface area (Å²) in [4.78, 5) is 10.5. The van der Waals surface area contributed by atoms with E-state index < -0.39 is 11.7 Å². The maximum absolute atomic E-state index is 13.0. The van der Waals surface area contributed by atoms with Crippen LogP contribution in [0.2, 0.25) is 0 Å². The van der Waals surface area contributed by atoms with Crippen LogP contribution in [0.25, 0.3) is 0 Å². The summed E-state index contributed by atoms with van der Waals surface area (Å²) in [6.45, 7) is 0.960. The summed E-state index contributed by atoms with van der Waals surface area (Å²) in [6.07, 6.45) is -2.12. The van der Waals surface area contributed by atoms with Crippen LogP contribution in [-0.2, 0) is 19.1 Å². The molecule has 1 aromatic heterocycles. The van der Waals surface area contributed by atoms with E-state index >= 15 is 0 Å². The predicted octanol–water partition coefficient (Wildman–Crippen LogP) is 4.85. The van der Waals surface area contributed by atoms with Gasteiger partial charge in [-0.15, -0.1) is 0 Å². The standard InChI is InChI=1S/C20H16F3N3O/c21-20(22,23)16-7-6-14-9-11-26(13-15(14)12-16)19-24-10-8-18(25-19)27-17-4-2-1-3-5-17/h1-8,10,12H,9,11,13H2. The van der Waals surface area contributed by atoms with Gasteiger partial charge in [0, 0.05) is 25.4 Å². The van der Waals surface area contributed by atoms with Crippen LogP contribution in [0.4, 0.5) is 19.1 Å². The Balaban J connectivity index is 1.56. The van der Waals surface area contributed by atoms with Gasteiger partial charge in [-0.1, -0.05) is 24.3 Å². The van der Waals surface area contributed by atoms with Gasteiger partial charge in [0.05, 0.1) is 5.56 Å². The molecule has 138 valence electrons. The highest BCUT2D eigenvalue weighted by atomic mass is 19.4. The summed E-state index contributed by atoms with van der Waals surface area (Å²) < 4.78 is 44.7. The first-order valence-electron chi connectivity index (χ1n) is 8.49. The molecule has 0 radical (unpaired) electrons. The quantitative estimate of drug-likeness (QED) is 0.660. The molecule has 3 aromatic rings. The number of hydrogen-bond donors (Lipinski definition) is 0. The van der Waals surface area contributed by atoms with Crippen molar-refractivity contribution in [3.63, 3.8) is 0 Å². The third-order valence-electron chi connectivity index (χ3n) is 4.41. The highest BCUT2D eigenvalue weighted by molar-refractivity contribution is 5.43.